The van der Waals surface area contributed by atoms with E-state index in [9.17, 15) is 0 Å². The summed E-state index contributed by atoms with van der Waals surface area (Å²) in [5.74, 6) is 0. The second-order valence-corrected chi connectivity index (χ2v) is 5.89. The van der Waals surface area contributed by atoms with Crippen molar-refractivity contribution in [1.82, 2.24) is 0 Å². The van der Waals surface area contributed by atoms with E-state index in [0.29, 0.717) is 4.83 Å². The molecule has 0 fully saturated rings. The maximum absolute atomic E-state index is 3.86. The van der Waals surface area contributed by atoms with Gasteiger partial charge in [-0.2, -0.15) is 0 Å². The first-order valence-corrected chi connectivity index (χ1v) is 7.12. The Bertz CT molecular complexity index is 340. The lowest BCUT2D eigenvalue weighted by atomic mass is 9.91. The number of aryl methyl sites for hydroxylation is 2. The Balaban J connectivity index is 3.11. The van der Waals surface area contributed by atoms with Crippen LogP contribution in [0, 0.1) is 27.7 Å². The molecule has 16 heavy (non-hydrogen) atoms. The molecule has 0 aliphatic rings. The van der Waals surface area contributed by atoms with E-state index in [4.69, 9.17) is 0 Å². The van der Waals surface area contributed by atoms with E-state index in [1.165, 1.54) is 47.1 Å². The largest absolute Gasteiger partial charge is 0.0839 e. The van der Waals surface area contributed by atoms with Crippen molar-refractivity contribution in [3.8, 4) is 0 Å². The van der Waals surface area contributed by atoms with Crippen molar-refractivity contribution < 1.29 is 0 Å². The maximum atomic E-state index is 3.86. The molecule has 0 heterocycles. The molecular formula is C15H23Br. The van der Waals surface area contributed by atoms with Crippen LogP contribution >= 0.6 is 15.9 Å². The molecule has 1 atom stereocenters. The summed E-state index contributed by atoms with van der Waals surface area (Å²) in [7, 11) is 0. The van der Waals surface area contributed by atoms with Crippen LogP contribution < -0.4 is 0 Å². The molecule has 0 aliphatic heterocycles. The first-order valence-electron chi connectivity index (χ1n) is 6.20. The van der Waals surface area contributed by atoms with Crippen molar-refractivity contribution in [2.45, 2.75) is 58.7 Å². The van der Waals surface area contributed by atoms with Crippen molar-refractivity contribution in [3.63, 3.8) is 0 Å². The van der Waals surface area contributed by atoms with Crippen LogP contribution in [-0.2, 0) is 0 Å². The van der Waals surface area contributed by atoms with Crippen LogP contribution in [0.2, 0.25) is 0 Å². The standard InChI is InChI=1S/C15H23Br/c1-6-7-8-14(16)15-12(4)10(2)9-11(3)13(15)5/h9,14H,6-8H2,1-5H3. The molecule has 1 heteroatoms. The van der Waals surface area contributed by atoms with Gasteiger partial charge in [-0.05, 0) is 61.9 Å². The Morgan fingerprint density at radius 3 is 2.00 bits per heavy atom. The zero-order chi connectivity index (χ0) is 12.3. The Morgan fingerprint density at radius 1 is 1.06 bits per heavy atom. The van der Waals surface area contributed by atoms with E-state index < -0.39 is 0 Å². The molecule has 0 radical (unpaired) electrons. The minimum atomic E-state index is 0.519. The molecule has 0 saturated heterocycles. The maximum Gasteiger partial charge on any atom is 0.0400 e. The quantitative estimate of drug-likeness (QED) is 0.636. The summed E-state index contributed by atoms with van der Waals surface area (Å²) in [5.41, 5.74) is 7.27. The van der Waals surface area contributed by atoms with Gasteiger partial charge in [-0.1, -0.05) is 41.8 Å². The molecule has 0 aromatic heterocycles. The van der Waals surface area contributed by atoms with Gasteiger partial charge in [0.2, 0.25) is 0 Å². The Hall–Kier alpha value is -0.300. The molecule has 0 nitrogen and oxygen atoms in total. The Labute approximate surface area is 109 Å². The number of benzene rings is 1. The highest BCUT2D eigenvalue weighted by molar-refractivity contribution is 9.09. The molecule has 1 aromatic rings. The number of unbranched alkanes of at least 4 members (excludes halogenated alkanes) is 1. The molecule has 0 saturated carbocycles. The average molecular weight is 283 g/mol. The minimum absolute atomic E-state index is 0.519. The van der Waals surface area contributed by atoms with Crippen LogP contribution in [-0.4, -0.2) is 0 Å². The van der Waals surface area contributed by atoms with Gasteiger partial charge in [0.25, 0.3) is 0 Å². The van der Waals surface area contributed by atoms with Gasteiger partial charge in [0.05, 0.1) is 0 Å². The molecule has 0 aliphatic carbocycles. The van der Waals surface area contributed by atoms with Crippen LogP contribution in [0.5, 0.6) is 0 Å². The van der Waals surface area contributed by atoms with Gasteiger partial charge in [0.1, 0.15) is 0 Å². The first kappa shape index (κ1) is 13.8. The molecule has 0 N–H and O–H groups in total. The van der Waals surface area contributed by atoms with E-state index >= 15 is 0 Å². The molecule has 90 valence electrons. The number of rotatable bonds is 4. The third kappa shape index (κ3) is 2.88. The van der Waals surface area contributed by atoms with E-state index in [1.807, 2.05) is 0 Å². The molecule has 0 bridgehead atoms. The molecule has 0 amide bonds. The fourth-order valence-electron chi connectivity index (χ4n) is 2.24. The summed E-state index contributed by atoms with van der Waals surface area (Å²) in [5, 5.41) is 0. The highest BCUT2D eigenvalue weighted by Crippen LogP contribution is 2.35. The number of alkyl halides is 1. The lowest BCUT2D eigenvalue weighted by Gasteiger charge is -2.19. The highest BCUT2D eigenvalue weighted by atomic mass is 79.9. The van der Waals surface area contributed by atoms with Crippen LogP contribution in [0.3, 0.4) is 0 Å². The third-order valence-corrected chi connectivity index (χ3v) is 4.46. The van der Waals surface area contributed by atoms with Gasteiger partial charge < -0.3 is 0 Å². The predicted octanol–water partition coefficient (Wildman–Crippen LogP) is 5.55. The summed E-state index contributed by atoms with van der Waals surface area (Å²) in [6.45, 7) is 11.2. The van der Waals surface area contributed by atoms with Crippen molar-refractivity contribution >= 4 is 15.9 Å². The fourth-order valence-corrected chi connectivity index (χ4v) is 3.26. The average Bonchev–Trinajstić information content (AvgIpc) is 2.24. The molecule has 1 unspecified atom stereocenters. The fraction of sp³-hybridized carbons (Fsp3) is 0.600. The summed E-state index contributed by atoms with van der Waals surface area (Å²) in [4.78, 5) is 0.519. The minimum Gasteiger partial charge on any atom is -0.0839 e. The van der Waals surface area contributed by atoms with Gasteiger partial charge in [0.15, 0.2) is 0 Å². The lowest BCUT2D eigenvalue weighted by Crippen LogP contribution is -2.02. The smallest absolute Gasteiger partial charge is 0.0400 e. The van der Waals surface area contributed by atoms with E-state index in [-0.39, 0.29) is 0 Å². The van der Waals surface area contributed by atoms with Crippen LogP contribution in [0.15, 0.2) is 6.07 Å². The van der Waals surface area contributed by atoms with Crippen LogP contribution in [0.4, 0.5) is 0 Å². The number of halogens is 1. The highest BCUT2D eigenvalue weighted by Gasteiger charge is 2.15. The van der Waals surface area contributed by atoms with E-state index in [0.717, 1.165) is 0 Å². The van der Waals surface area contributed by atoms with Crippen molar-refractivity contribution in [2.24, 2.45) is 0 Å². The second-order valence-electron chi connectivity index (χ2n) is 4.78. The first-order chi connectivity index (χ1) is 7.49. The zero-order valence-electron chi connectivity index (χ0n) is 11.2. The predicted molar refractivity (Wildman–Crippen MR) is 76.6 cm³/mol. The molecule has 1 rings (SSSR count). The second kappa shape index (κ2) is 5.86. The van der Waals surface area contributed by atoms with Crippen LogP contribution in [0.25, 0.3) is 0 Å². The SMILES string of the molecule is CCCCC(Br)c1c(C)c(C)cc(C)c1C. The van der Waals surface area contributed by atoms with Gasteiger partial charge in [-0.25, -0.2) is 0 Å². The topological polar surface area (TPSA) is 0 Å². The van der Waals surface area contributed by atoms with Crippen molar-refractivity contribution in [2.75, 3.05) is 0 Å². The van der Waals surface area contributed by atoms with E-state index in [1.54, 1.807) is 0 Å². The van der Waals surface area contributed by atoms with Gasteiger partial charge in [-0.15, -0.1) is 0 Å². The van der Waals surface area contributed by atoms with Crippen LogP contribution in [0.1, 0.15) is 58.8 Å². The molecular weight excluding hydrogens is 260 g/mol. The summed E-state index contributed by atoms with van der Waals surface area (Å²) in [6.07, 6.45) is 3.80. The summed E-state index contributed by atoms with van der Waals surface area (Å²) >= 11 is 3.86. The van der Waals surface area contributed by atoms with E-state index in [2.05, 4.69) is 56.6 Å². The normalized spacial score (nSPS) is 12.9. The zero-order valence-corrected chi connectivity index (χ0v) is 12.7. The summed E-state index contributed by atoms with van der Waals surface area (Å²) < 4.78 is 0. The molecule has 1 aromatic carbocycles. The lowest BCUT2D eigenvalue weighted by molar-refractivity contribution is 0.708. The third-order valence-electron chi connectivity index (χ3n) is 3.55. The van der Waals surface area contributed by atoms with Gasteiger partial charge >= 0.3 is 0 Å². The Morgan fingerprint density at radius 2 is 1.56 bits per heavy atom. The number of hydrogen-bond donors (Lipinski definition) is 0. The van der Waals surface area contributed by atoms with Crippen molar-refractivity contribution in [3.05, 3.63) is 33.9 Å². The van der Waals surface area contributed by atoms with Gasteiger partial charge in [-0.3, -0.25) is 0 Å². The van der Waals surface area contributed by atoms with Gasteiger partial charge in [0, 0.05) is 4.83 Å². The number of hydrogen-bond acceptors (Lipinski definition) is 0. The summed E-state index contributed by atoms with van der Waals surface area (Å²) in [6, 6.07) is 2.30. The Kier molecular flexibility index (Phi) is 5.04. The monoisotopic (exact) mass is 282 g/mol. The molecule has 0 spiro atoms. The van der Waals surface area contributed by atoms with Crippen molar-refractivity contribution in [1.29, 1.82) is 0 Å².